The Morgan fingerprint density at radius 2 is 1.39 bits per heavy atom. The summed E-state index contributed by atoms with van der Waals surface area (Å²) in [7, 11) is 0. The first-order valence-electron chi connectivity index (χ1n) is 14.1. The number of hydrogen-bond acceptors (Lipinski definition) is 11. The van der Waals surface area contributed by atoms with Crippen molar-refractivity contribution < 1.29 is 52.7 Å². The molecule has 0 fully saturated rings. The molecule has 1 rings (SSSR count). The molecule has 1 aromatic rings. The zero-order valence-corrected chi connectivity index (χ0v) is 25.2. The maximum Gasteiger partial charge on any atom is 0.514 e. The fraction of sp³-hybridized carbons (Fsp3) is 0.655. The lowest BCUT2D eigenvalue weighted by Gasteiger charge is -2.31. The Kier molecular flexibility index (Phi) is 15.6. The van der Waals surface area contributed by atoms with E-state index in [0.717, 1.165) is 19.3 Å². The summed E-state index contributed by atoms with van der Waals surface area (Å²) in [5.74, 6) is -1.84. The molecule has 0 aliphatic rings. The first kappa shape index (κ1) is 35.5. The minimum Gasteiger partial charge on any atom is -0.477 e. The molecule has 1 aromatic carbocycles. The molecule has 0 heterocycles. The third-order valence-corrected chi connectivity index (χ3v) is 5.68. The number of ether oxygens (including phenoxy) is 6. The summed E-state index contributed by atoms with van der Waals surface area (Å²) in [5.41, 5.74) is -1.95. The lowest BCUT2D eigenvalue weighted by atomic mass is 10.0. The second-order valence-corrected chi connectivity index (χ2v) is 10.1. The normalized spacial score (nSPS) is 13.9. The fourth-order valence-corrected chi connectivity index (χ4v) is 3.84. The molecule has 0 aromatic heterocycles. The zero-order valence-electron chi connectivity index (χ0n) is 25.2. The maximum absolute atomic E-state index is 12.5. The Hall–Kier alpha value is -3.54. The molecular weight excluding hydrogens is 538 g/mol. The first-order chi connectivity index (χ1) is 19.3. The number of nitrogens with one attached hydrogen (secondary N) is 1. The number of carbonyl (C=O) groups is 4. The molecule has 232 valence electrons. The van der Waals surface area contributed by atoms with Crippen LogP contribution in [0.4, 0.5) is 14.4 Å². The van der Waals surface area contributed by atoms with E-state index in [1.54, 1.807) is 27.7 Å². The summed E-state index contributed by atoms with van der Waals surface area (Å²) >= 11 is 0. The highest BCUT2D eigenvalue weighted by molar-refractivity contribution is 5.80. The SMILES string of the molecule is CCCCOC(=O)O[C@](Cc1ccc(OC(=O)OC(C)CCC)c(OC(=O)OC(C)CCC)c1)(NC(C)C)C(=O)O. The van der Waals surface area contributed by atoms with Crippen LogP contribution in [0.5, 0.6) is 11.5 Å². The van der Waals surface area contributed by atoms with Gasteiger partial charge >= 0.3 is 24.4 Å². The van der Waals surface area contributed by atoms with Crippen molar-refractivity contribution in [1.82, 2.24) is 5.32 Å². The topological polar surface area (TPSA) is 156 Å². The predicted molar refractivity (Wildman–Crippen MR) is 149 cm³/mol. The number of carboxylic acid groups (broad SMARTS) is 1. The molecule has 0 spiro atoms. The lowest BCUT2D eigenvalue weighted by Crippen LogP contribution is -2.59. The molecule has 2 N–H and O–H groups in total. The van der Waals surface area contributed by atoms with Crippen LogP contribution in [-0.4, -0.2) is 60.1 Å². The number of aliphatic carboxylic acids is 1. The van der Waals surface area contributed by atoms with Gasteiger partial charge in [-0.05, 0) is 64.7 Å². The number of carboxylic acids is 1. The molecule has 0 aliphatic carbocycles. The van der Waals surface area contributed by atoms with Crippen molar-refractivity contribution in [3.05, 3.63) is 23.8 Å². The molecule has 0 amide bonds. The van der Waals surface area contributed by atoms with E-state index in [2.05, 4.69) is 5.32 Å². The predicted octanol–water partition coefficient (Wildman–Crippen LogP) is 6.37. The van der Waals surface area contributed by atoms with Gasteiger partial charge in [0.2, 0.25) is 0 Å². The summed E-state index contributed by atoms with van der Waals surface area (Å²) in [5, 5.41) is 12.9. The minimum atomic E-state index is -2.22. The van der Waals surface area contributed by atoms with E-state index in [9.17, 15) is 24.3 Å². The molecule has 0 bridgehead atoms. The Labute approximate surface area is 241 Å². The van der Waals surface area contributed by atoms with Gasteiger partial charge in [0.1, 0.15) is 12.2 Å². The van der Waals surface area contributed by atoms with Crippen molar-refractivity contribution in [2.45, 2.75) is 117 Å². The summed E-state index contributed by atoms with van der Waals surface area (Å²) in [4.78, 5) is 49.7. The summed E-state index contributed by atoms with van der Waals surface area (Å²) in [6.45, 7) is 12.7. The van der Waals surface area contributed by atoms with Crippen LogP contribution in [-0.2, 0) is 30.2 Å². The summed E-state index contributed by atoms with van der Waals surface area (Å²) < 4.78 is 31.5. The van der Waals surface area contributed by atoms with Crippen molar-refractivity contribution in [1.29, 1.82) is 0 Å². The van der Waals surface area contributed by atoms with Crippen LogP contribution < -0.4 is 14.8 Å². The third kappa shape index (κ3) is 13.1. The minimum absolute atomic E-state index is 0.0717. The second kappa shape index (κ2) is 18.0. The van der Waals surface area contributed by atoms with Gasteiger partial charge < -0.3 is 33.5 Å². The van der Waals surface area contributed by atoms with E-state index in [1.165, 1.54) is 18.2 Å². The highest BCUT2D eigenvalue weighted by atomic mass is 16.8. The van der Waals surface area contributed by atoms with Gasteiger partial charge in [-0.1, -0.05) is 46.1 Å². The molecule has 3 atom stereocenters. The van der Waals surface area contributed by atoms with Crippen LogP contribution >= 0.6 is 0 Å². The van der Waals surface area contributed by atoms with Crippen LogP contribution in [0.1, 0.15) is 92.6 Å². The molecule has 0 radical (unpaired) electrons. The van der Waals surface area contributed by atoms with E-state index < -0.39 is 48.4 Å². The Balaban J connectivity index is 3.37. The maximum atomic E-state index is 12.5. The average Bonchev–Trinajstić information content (AvgIpc) is 2.85. The Bertz CT molecular complexity index is 997. The van der Waals surface area contributed by atoms with Gasteiger partial charge in [0.05, 0.1) is 6.61 Å². The molecule has 41 heavy (non-hydrogen) atoms. The summed E-state index contributed by atoms with van der Waals surface area (Å²) in [6.07, 6.45) is -0.256. The van der Waals surface area contributed by atoms with Crippen molar-refractivity contribution in [3.63, 3.8) is 0 Å². The van der Waals surface area contributed by atoms with Gasteiger partial charge in [-0.25, -0.2) is 19.2 Å². The first-order valence-corrected chi connectivity index (χ1v) is 14.1. The molecule has 0 aliphatic heterocycles. The van der Waals surface area contributed by atoms with E-state index in [1.807, 2.05) is 20.8 Å². The highest BCUT2D eigenvalue weighted by Crippen LogP contribution is 2.32. The molecule has 0 saturated heterocycles. The van der Waals surface area contributed by atoms with Gasteiger partial charge in [0.15, 0.2) is 11.5 Å². The van der Waals surface area contributed by atoms with Crippen molar-refractivity contribution in [3.8, 4) is 11.5 Å². The van der Waals surface area contributed by atoms with Crippen LogP contribution in [0.3, 0.4) is 0 Å². The van der Waals surface area contributed by atoms with E-state index in [4.69, 9.17) is 28.4 Å². The monoisotopic (exact) mass is 583 g/mol. The van der Waals surface area contributed by atoms with Crippen LogP contribution in [0, 0.1) is 0 Å². The average molecular weight is 584 g/mol. The van der Waals surface area contributed by atoms with E-state index in [0.29, 0.717) is 19.3 Å². The van der Waals surface area contributed by atoms with E-state index in [-0.39, 0.29) is 30.1 Å². The Morgan fingerprint density at radius 3 is 1.88 bits per heavy atom. The fourth-order valence-electron chi connectivity index (χ4n) is 3.84. The Morgan fingerprint density at radius 1 is 0.829 bits per heavy atom. The van der Waals surface area contributed by atoms with Gasteiger partial charge in [-0.3, -0.25) is 5.32 Å². The molecule has 2 unspecified atom stereocenters. The van der Waals surface area contributed by atoms with Crippen LogP contribution in [0.2, 0.25) is 0 Å². The summed E-state index contributed by atoms with van der Waals surface area (Å²) in [6, 6.07) is 3.65. The van der Waals surface area contributed by atoms with Gasteiger partial charge in [0, 0.05) is 12.5 Å². The number of hydrogen-bond donors (Lipinski definition) is 2. The largest absolute Gasteiger partial charge is 0.514 e. The van der Waals surface area contributed by atoms with Gasteiger partial charge in [-0.15, -0.1) is 0 Å². The van der Waals surface area contributed by atoms with Gasteiger partial charge in [-0.2, -0.15) is 0 Å². The third-order valence-electron chi connectivity index (χ3n) is 5.68. The molecule has 12 heteroatoms. The molecule has 12 nitrogen and oxygen atoms in total. The number of unbranched alkanes of at least 4 members (excludes halogenated alkanes) is 1. The molecule has 0 saturated carbocycles. The zero-order chi connectivity index (χ0) is 31.0. The molecular formula is C29H45NO11. The van der Waals surface area contributed by atoms with Crippen molar-refractivity contribution in [2.75, 3.05) is 6.61 Å². The number of carbonyl (C=O) groups excluding carboxylic acids is 3. The lowest BCUT2D eigenvalue weighted by molar-refractivity contribution is -0.166. The van der Waals surface area contributed by atoms with Crippen LogP contribution in [0.25, 0.3) is 0 Å². The standard InChI is InChI=1S/C29H45NO11/c1-8-11-16-36-26(33)41-29(25(31)32,30-19(4)5)18-22-14-15-23(39-27(34)37-20(6)12-9-2)24(17-22)40-28(35)38-21(7)13-10-3/h14-15,17,19-21,30H,8-13,16,18H2,1-7H3,(H,31,32)/t20?,21?,29-/m0/s1. The smallest absolute Gasteiger partial charge is 0.477 e. The highest BCUT2D eigenvalue weighted by Gasteiger charge is 2.44. The van der Waals surface area contributed by atoms with Crippen LogP contribution in [0.15, 0.2) is 18.2 Å². The van der Waals surface area contributed by atoms with E-state index >= 15 is 0 Å². The second-order valence-electron chi connectivity index (χ2n) is 10.1. The van der Waals surface area contributed by atoms with Crippen molar-refractivity contribution in [2.24, 2.45) is 0 Å². The number of rotatable bonds is 17. The number of benzene rings is 1. The van der Waals surface area contributed by atoms with Gasteiger partial charge in [0.25, 0.3) is 5.72 Å². The quantitative estimate of drug-likeness (QED) is 0.0688. The van der Waals surface area contributed by atoms with Crippen molar-refractivity contribution >= 4 is 24.4 Å².